The number of carbonyl (C=O) groups is 1. The number of halogens is 1. The smallest absolute Gasteiger partial charge is 0.241 e. The lowest BCUT2D eigenvalue weighted by Gasteiger charge is -2.12. The number of nitrogens with two attached hydrogens (primary N) is 1. The second kappa shape index (κ2) is 7.70. The van der Waals surface area contributed by atoms with Crippen LogP contribution in [0.15, 0.2) is 18.2 Å². The van der Waals surface area contributed by atoms with Crippen LogP contribution in [0.4, 0.5) is 10.1 Å². The number of ether oxygens (including phenoxy) is 2. The van der Waals surface area contributed by atoms with Crippen LogP contribution in [-0.4, -0.2) is 32.3 Å². The molecule has 1 amide bonds. The molecule has 6 heteroatoms. The van der Waals surface area contributed by atoms with Crippen molar-refractivity contribution in [3.8, 4) is 5.75 Å². The van der Waals surface area contributed by atoms with Gasteiger partial charge in [-0.05, 0) is 25.5 Å². The second-order valence-electron chi connectivity index (χ2n) is 3.96. The summed E-state index contributed by atoms with van der Waals surface area (Å²) in [4.78, 5) is 11.7. The van der Waals surface area contributed by atoms with E-state index in [1.165, 1.54) is 19.2 Å². The summed E-state index contributed by atoms with van der Waals surface area (Å²) >= 11 is 0. The van der Waals surface area contributed by atoms with Gasteiger partial charge in [0.15, 0.2) is 11.6 Å². The molecule has 0 aliphatic heterocycles. The van der Waals surface area contributed by atoms with E-state index in [0.717, 1.165) is 0 Å². The average molecular weight is 270 g/mol. The number of nitrogens with one attached hydrogen (secondary N) is 1. The topological polar surface area (TPSA) is 73.6 Å². The van der Waals surface area contributed by atoms with Gasteiger partial charge in [-0.15, -0.1) is 0 Å². The quantitative estimate of drug-likeness (QED) is 0.788. The van der Waals surface area contributed by atoms with E-state index in [-0.39, 0.29) is 11.7 Å². The van der Waals surface area contributed by atoms with Gasteiger partial charge in [-0.25, -0.2) is 4.39 Å². The molecule has 1 aromatic carbocycles. The molecule has 0 saturated carbocycles. The van der Waals surface area contributed by atoms with E-state index in [2.05, 4.69) is 5.32 Å². The molecule has 106 valence electrons. The van der Waals surface area contributed by atoms with Gasteiger partial charge in [-0.2, -0.15) is 0 Å². The van der Waals surface area contributed by atoms with E-state index in [9.17, 15) is 9.18 Å². The molecule has 1 aromatic rings. The third kappa shape index (κ3) is 4.84. The van der Waals surface area contributed by atoms with Crippen LogP contribution in [0.1, 0.15) is 13.3 Å². The Bertz CT molecular complexity index is 426. The molecule has 3 N–H and O–H groups in total. The maximum absolute atomic E-state index is 13.6. The number of carbonyl (C=O) groups excluding carboxylic acids is 1. The van der Waals surface area contributed by atoms with Gasteiger partial charge in [0.05, 0.1) is 12.6 Å². The molecule has 0 spiro atoms. The number of rotatable bonds is 7. The van der Waals surface area contributed by atoms with Crippen LogP contribution in [-0.2, 0) is 9.53 Å². The van der Waals surface area contributed by atoms with E-state index < -0.39 is 11.9 Å². The highest BCUT2D eigenvalue weighted by Crippen LogP contribution is 2.21. The Morgan fingerprint density at radius 1 is 1.53 bits per heavy atom. The van der Waals surface area contributed by atoms with Crippen LogP contribution in [0.2, 0.25) is 0 Å². The van der Waals surface area contributed by atoms with Gasteiger partial charge < -0.3 is 20.5 Å². The van der Waals surface area contributed by atoms with E-state index in [4.69, 9.17) is 15.2 Å². The van der Waals surface area contributed by atoms with Crippen LogP contribution in [0.25, 0.3) is 0 Å². The Morgan fingerprint density at radius 3 is 2.84 bits per heavy atom. The van der Waals surface area contributed by atoms with Crippen LogP contribution >= 0.6 is 0 Å². The number of anilines is 1. The molecule has 1 atom stereocenters. The molecule has 0 heterocycles. The first kappa shape index (κ1) is 15.4. The highest BCUT2D eigenvalue weighted by Gasteiger charge is 2.14. The summed E-state index contributed by atoms with van der Waals surface area (Å²) in [7, 11) is 1.53. The molecule has 19 heavy (non-hydrogen) atoms. The summed E-state index contributed by atoms with van der Waals surface area (Å²) in [6, 6.07) is 3.55. The van der Waals surface area contributed by atoms with Crippen molar-refractivity contribution in [2.75, 3.05) is 25.6 Å². The number of hydrogen-bond donors (Lipinski definition) is 2. The SMILES string of the molecule is CCOc1ccc(NC(=O)C(N)CCOC)cc1F. The summed E-state index contributed by atoms with van der Waals surface area (Å²) in [5, 5.41) is 2.55. The van der Waals surface area contributed by atoms with Crippen LogP contribution in [0, 0.1) is 5.82 Å². The van der Waals surface area contributed by atoms with Gasteiger partial charge in [-0.1, -0.05) is 0 Å². The van der Waals surface area contributed by atoms with E-state index >= 15 is 0 Å². The van der Waals surface area contributed by atoms with Gasteiger partial charge in [0.1, 0.15) is 0 Å². The highest BCUT2D eigenvalue weighted by molar-refractivity contribution is 5.94. The molecule has 0 aliphatic rings. The zero-order valence-corrected chi connectivity index (χ0v) is 11.1. The van der Waals surface area contributed by atoms with Crippen LogP contribution in [0.3, 0.4) is 0 Å². The monoisotopic (exact) mass is 270 g/mol. The average Bonchev–Trinajstić information content (AvgIpc) is 2.39. The Labute approximate surface area is 111 Å². The van der Waals surface area contributed by atoms with Crippen molar-refractivity contribution in [3.63, 3.8) is 0 Å². The normalized spacial score (nSPS) is 12.0. The van der Waals surface area contributed by atoms with E-state index in [1.54, 1.807) is 13.0 Å². The van der Waals surface area contributed by atoms with Crippen molar-refractivity contribution in [2.45, 2.75) is 19.4 Å². The third-order valence-corrected chi connectivity index (χ3v) is 2.47. The molecule has 0 bridgehead atoms. The summed E-state index contributed by atoms with van der Waals surface area (Å²) in [6.45, 7) is 2.54. The number of benzene rings is 1. The van der Waals surface area contributed by atoms with Gasteiger partial charge >= 0.3 is 0 Å². The maximum atomic E-state index is 13.6. The molecule has 0 radical (unpaired) electrons. The van der Waals surface area contributed by atoms with Crippen molar-refractivity contribution in [1.82, 2.24) is 0 Å². The minimum Gasteiger partial charge on any atom is -0.491 e. The molecule has 0 fully saturated rings. The van der Waals surface area contributed by atoms with Crippen LogP contribution in [0.5, 0.6) is 5.75 Å². The van der Waals surface area contributed by atoms with E-state index in [1.807, 2.05) is 0 Å². The fraction of sp³-hybridized carbons (Fsp3) is 0.462. The van der Waals surface area contributed by atoms with Gasteiger partial charge in [0.25, 0.3) is 0 Å². The zero-order valence-electron chi connectivity index (χ0n) is 11.1. The first-order valence-electron chi connectivity index (χ1n) is 6.06. The minimum absolute atomic E-state index is 0.157. The molecule has 5 nitrogen and oxygen atoms in total. The predicted octanol–water partition coefficient (Wildman–Crippen LogP) is 1.53. The Morgan fingerprint density at radius 2 is 2.26 bits per heavy atom. The van der Waals surface area contributed by atoms with Crippen molar-refractivity contribution in [3.05, 3.63) is 24.0 Å². The van der Waals surface area contributed by atoms with Gasteiger partial charge in [0.2, 0.25) is 5.91 Å². The molecular weight excluding hydrogens is 251 g/mol. The number of methoxy groups -OCH3 is 1. The lowest BCUT2D eigenvalue weighted by Crippen LogP contribution is -2.36. The standard InChI is InChI=1S/C13H19FN2O3/c1-3-19-12-5-4-9(8-10(12)14)16-13(17)11(15)6-7-18-2/h4-5,8,11H,3,6-7,15H2,1-2H3,(H,16,17). The third-order valence-electron chi connectivity index (χ3n) is 2.47. The number of amides is 1. The highest BCUT2D eigenvalue weighted by atomic mass is 19.1. The summed E-state index contributed by atoms with van der Waals surface area (Å²) in [6.07, 6.45) is 0.405. The van der Waals surface area contributed by atoms with Crippen LogP contribution < -0.4 is 15.8 Å². The molecule has 0 saturated heterocycles. The Balaban J connectivity index is 2.62. The molecule has 1 unspecified atom stereocenters. The molecule has 0 aromatic heterocycles. The minimum atomic E-state index is -0.686. The summed E-state index contributed by atoms with van der Waals surface area (Å²) in [5.74, 6) is -0.741. The predicted molar refractivity (Wildman–Crippen MR) is 70.7 cm³/mol. The maximum Gasteiger partial charge on any atom is 0.241 e. The fourth-order valence-electron chi connectivity index (χ4n) is 1.46. The zero-order chi connectivity index (χ0) is 14.3. The summed E-state index contributed by atoms with van der Waals surface area (Å²) in [5.41, 5.74) is 6.00. The fourth-order valence-corrected chi connectivity index (χ4v) is 1.46. The summed E-state index contributed by atoms with van der Waals surface area (Å²) < 4.78 is 23.5. The van der Waals surface area contributed by atoms with E-state index in [0.29, 0.717) is 25.3 Å². The van der Waals surface area contributed by atoms with Gasteiger partial charge in [-0.3, -0.25) is 4.79 Å². The first-order valence-corrected chi connectivity index (χ1v) is 6.06. The molecule has 0 aliphatic carbocycles. The number of hydrogen-bond acceptors (Lipinski definition) is 4. The largest absolute Gasteiger partial charge is 0.491 e. The molecule has 1 rings (SSSR count). The molecular formula is C13H19FN2O3. The Hall–Kier alpha value is -1.66. The van der Waals surface area contributed by atoms with Gasteiger partial charge in [0, 0.05) is 25.5 Å². The van der Waals surface area contributed by atoms with Crippen molar-refractivity contribution < 1.29 is 18.7 Å². The lowest BCUT2D eigenvalue weighted by atomic mass is 10.2. The second-order valence-corrected chi connectivity index (χ2v) is 3.96. The first-order chi connectivity index (χ1) is 9.08. The van der Waals surface area contributed by atoms with Crippen molar-refractivity contribution in [2.24, 2.45) is 5.73 Å². The van der Waals surface area contributed by atoms with Crippen molar-refractivity contribution in [1.29, 1.82) is 0 Å². The lowest BCUT2D eigenvalue weighted by molar-refractivity contribution is -0.117. The Kier molecular flexibility index (Phi) is 6.24. The van der Waals surface area contributed by atoms with Crippen molar-refractivity contribution >= 4 is 11.6 Å².